The third kappa shape index (κ3) is 3.43. The first-order valence-corrected chi connectivity index (χ1v) is 9.43. The number of rotatable bonds is 7. The van der Waals surface area contributed by atoms with Crippen LogP contribution in [0, 0.1) is 0 Å². The van der Waals surface area contributed by atoms with Gasteiger partial charge >= 0.3 is 0 Å². The van der Waals surface area contributed by atoms with Crippen LogP contribution < -0.4 is 10.7 Å². The molecule has 0 saturated carbocycles. The molecule has 0 fully saturated rings. The minimum Gasteiger partial charge on any atom is -0.383 e. The summed E-state index contributed by atoms with van der Waals surface area (Å²) in [6.45, 7) is 12.0. The molecule has 2 aromatic heterocycles. The van der Waals surface area contributed by atoms with Crippen LogP contribution in [-0.2, 0) is 0 Å². The van der Waals surface area contributed by atoms with Crippen LogP contribution in [0.3, 0.4) is 0 Å². The standard InChI is InChI=1S/C20H23N3OS/c1-4-14-7-8-16(22-11-12-23(5-2)6-3)18-19(24)15-13-21-10-9-17(15)25-20(14)18/h4,7-10,13,22H,1,5-6,11-12H2,2-3H3. The Labute approximate surface area is 151 Å². The molecule has 25 heavy (non-hydrogen) atoms. The highest BCUT2D eigenvalue weighted by molar-refractivity contribution is 7.24. The molecule has 2 heterocycles. The van der Waals surface area contributed by atoms with E-state index in [2.05, 4.69) is 35.6 Å². The highest BCUT2D eigenvalue weighted by Crippen LogP contribution is 2.32. The second-order valence-electron chi connectivity index (χ2n) is 5.87. The molecule has 1 N–H and O–H groups in total. The maximum Gasteiger partial charge on any atom is 0.199 e. The van der Waals surface area contributed by atoms with E-state index in [1.807, 2.05) is 24.3 Å². The number of likely N-dealkylation sites (N-methyl/N-ethyl adjacent to an activating group) is 1. The van der Waals surface area contributed by atoms with Gasteiger partial charge in [0.15, 0.2) is 5.43 Å². The van der Waals surface area contributed by atoms with Crippen molar-refractivity contribution in [3.05, 3.63) is 53.0 Å². The summed E-state index contributed by atoms with van der Waals surface area (Å²) in [6.07, 6.45) is 5.20. The molecule has 0 spiro atoms. The van der Waals surface area contributed by atoms with E-state index in [9.17, 15) is 4.79 Å². The van der Waals surface area contributed by atoms with Crippen molar-refractivity contribution in [1.29, 1.82) is 0 Å². The summed E-state index contributed by atoms with van der Waals surface area (Å²) >= 11 is 1.62. The number of hydrogen-bond donors (Lipinski definition) is 1. The van der Waals surface area contributed by atoms with E-state index in [0.717, 1.165) is 52.2 Å². The fourth-order valence-corrected chi connectivity index (χ4v) is 4.19. The quantitative estimate of drug-likeness (QED) is 0.647. The Balaban J connectivity index is 2.08. The van der Waals surface area contributed by atoms with Crippen LogP contribution in [0.5, 0.6) is 0 Å². The summed E-state index contributed by atoms with van der Waals surface area (Å²) in [4.78, 5) is 19.5. The summed E-state index contributed by atoms with van der Waals surface area (Å²) in [5.41, 5.74) is 1.91. The van der Waals surface area contributed by atoms with Gasteiger partial charge in [-0.25, -0.2) is 0 Å². The Morgan fingerprint density at radius 2 is 2.08 bits per heavy atom. The van der Waals surface area contributed by atoms with Crippen molar-refractivity contribution in [1.82, 2.24) is 9.88 Å². The molecule has 3 aromatic rings. The Hall–Kier alpha value is -2.24. The SMILES string of the molecule is C=Cc1ccc(NCCN(CC)CC)c2c(=O)c3cnccc3sc12. The van der Waals surface area contributed by atoms with E-state index in [0.29, 0.717) is 5.39 Å². The summed E-state index contributed by atoms with van der Waals surface area (Å²) in [6, 6.07) is 5.91. The first kappa shape index (κ1) is 17.6. The lowest BCUT2D eigenvalue weighted by atomic mass is 10.1. The van der Waals surface area contributed by atoms with E-state index < -0.39 is 0 Å². The number of aromatic nitrogens is 1. The number of fused-ring (bicyclic) bond motifs is 2. The molecule has 0 aliphatic carbocycles. The van der Waals surface area contributed by atoms with Gasteiger partial charge in [0.2, 0.25) is 0 Å². The molecule has 0 atom stereocenters. The molecule has 1 aromatic carbocycles. The molecule has 4 nitrogen and oxygen atoms in total. The van der Waals surface area contributed by atoms with Crippen molar-refractivity contribution in [2.45, 2.75) is 13.8 Å². The van der Waals surface area contributed by atoms with Gasteiger partial charge in [0.05, 0.1) is 10.8 Å². The van der Waals surface area contributed by atoms with E-state index in [4.69, 9.17) is 0 Å². The summed E-state index contributed by atoms with van der Waals surface area (Å²) in [5, 5.41) is 4.87. The van der Waals surface area contributed by atoms with Crippen LogP contribution in [0.4, 0.5) is 5.69 Å². The van der Waals surface area contributed by atoms with Gasteiger partial charge in [-0.2, -0.15) is 0 Å². The van der Waals surface area contributed by atoms with Crippen molar-refractivity contribution < 1.29 is 0 Å². The number of benzene rings is 1. The van der Waals surface area contributed by atoms with Crippen molar-refractivity contribution in [3.8, 4) is 0 Å². The van der Waals surface area contributed by atoms with Crippen molar-refractivity contribution in [2.24, 2.45) is 0 Å². The maximum absolute atomic E-state index is 13.1. The third-order valence-corrected chi connectivity index (χ3v) is 5.73. The number of hydrogen-bond acceptors (Lipinski definition) is 5. The number of anilines is 1. The monoisotopic (exact) mass is 353 g/mol. The number of nitrogens with one attached hydrogen (secondary N) is 1. The minimum absolute atomic E-state index is 0.0332. The van der Waals surface area contributed by atoms with E-state index >= 15 is 0 Å². The second kappa shape index (κ2) is 7.76. The van der Waals surface area contributed by atoms with Gasteiger partial charge in [0.1, 0.15) is 0 Å². The summed E-state index contributed by atoms with van der Waals surface area (Å²) in [5.74, 6) is 0. The average Bonchev–Trinajstić information content (AvgIpc) is 2.65. The topological polar surface area (TPSA) is 45.2 Å². The fourth-order valence-electron chi connectivity index (χ4n) is 3.02. The highest BCUT2D eigenvalue weighted by atomic mass is 32.1. The molecule has 0 bridgehead atoms. The van der Waals surface area contributed by atoms with E-state index in [1.54, 1.807) is 23.7 Å². The molecule has 0 amide bonds. The smallest absolute Gasteiger partial charge is 0.199 e. The van der Waals surface area contributed by atoms with Gasteiger partial charge < -0.3 is 10.2 Å². The van der Waals surface area contributed by atoms with E-state index in [-0.39, 0.29) is 5.43 Å². The Bertz CT molecular complexity index is 960. The van der Waals surface area contributed by atoms with E-state index in [1.165, 1.54) is 0 Å². The summed E-state index contributed by atoms with van der Waals surface area (Å²) < 4.78 is 1.93. The molecular formula is C20H23N3OS. The maximum atomic E-state index is 13.1. The summed E-state index contributed by atoms with van der Waals surface area (Å²) in [7, 11) is 0. The van der Waals surface area contributed by atoms with Crippen molar-refractivity contribution in [2.75, 3.05) is 31.5 Å². The zero-order valence-electron chi connectivity index (χ0n) is 14.7. The molecule has 5 heteroatoms. The van der Waals surface area contributed by atoms with Crippen LogP contribution in [0.25, 0.3) is 26.2 Å². The molecular weight excluding hydrogens is 330 g/mol. The van der Waals surface area contributed by atoms with Crippen LogP contribution in [0.15, 0.2) is 42.0 Å². The Morgan fingerprint density at radius 1 is 1.28 bits per heavy atom. The molecule has 130 valence electrons. The zero-order valence-corrected chi connectivity index (χ0v) is 15.5. The van der Waals surface area contributed by atoms with Crippen molar-refractivity contribution >= 4 is 43.3 Å². The Kier molecular flexibility index (Phi) is 5.46. The first-order valence-electron chi connectivity index (χ1n) is 8.61. The molecule has 0 unspecified atom stereocenters. The van der Waals surface area contributed by atoms with Crippen LogP contribution in [-0.4, -0.2) is 36.1 Å². The van der Waals surface area contributed by atoms with Crippen LogP contribution >= 0.6 is 11.3 Å². The molecule has 0 radical (unpaired) electrons. The molecule has 0 aliphatic rings. The van der Waals surface area contributed by atoms with Crippen molar-refractivity contribution in [3.63, 3.8) is 0 Å². The van der Waals surface area contributed by atoms with Gasteiger partial charge in [-0.3, -0.25) is 9.78 Å². The lowest BCUT2D eigenvalue weighted by Crippen LogP contribution is -2.28. The van der Waals surface area contributed by atoms with Crippen LogP contribution in [0.1, 0.15) is 19.4 Å². The minimum atomic E-state index is 0.0332. The Morgan fingerprint density at radius 3 is 2.80 bits per heavy atom. The van der Waals surface area contributed by atoms with Gasteiger partial charge in [0.25, 0.3) is 0 Å². The molecule has 0 saturated heterocycles. The third-order valence-electron chi connectivity index (χ3n) is 4.51. The van der Waals surface area contributed by atoms with Crippen LogP contribution in [0.2, 0.25) is 0 Å². The van der Waals surface area contributed by atoms with Gasteiger partial charge in [-0.15, -0.1) is 11.3 Å². The predicted octanol–water partition coefficient (Wildman–Crippen LogP) is 4.21. The highest BCUT2D eigenvalue weighted by Gasteiger charge is 2.13. The zero-order chi connectivity index (χ0) is 17.8. The van der Waals surface area contributed by atoms with Gasteiger partial charge in [0, 0.05) is 40.6 Å². The lowest BCUT2D eigenvalue weighted by molar-refractivity contribution is 0.316. The van der Waals surface area contributed by atoms with Gasteiger partial charge in [-0.05, 0) is 30.8 Å². The molecule has 0 aliphatic heterocycles. The number of pyridine rings is 1. The average molecular weight is 353 g/mol. The normalized spacial score (nSPS) is 11.3. The largest absolute Gasteiger partial charge is 0.383 e. The predicted molar refractivity (Wildman–Crippen MR) is 110 cm³/mol. The first-order chi connectivity index (χ1) is 12.2. The molecule has 3 rings (SSSR count). The second-order valence-corrected chi connectivity index (χ2v) is 6.92. The lowest BCUT2D eigenvalue weighted by Gasteiger charge is -2.19. The number of nitrogens with zero attached hydrogens (tertiary/aromatic N) is 2. The van der Waals surface area contributed by atoms with Gasteiger partial charge in [-0.1, -0.05) is 32.6 Å². The fraction of sp³-hybridized carbons (Fsp3) is 0.300.